The van der Waals surface area contributed by atoms with Gasteiger partial charge in [0.15, 0.2) is 0 Å². The van der Waals surface area contributed by atoms with E-state index >= 15 is 0 Å². The molecule has 0 atom stereocenters. The molecule has 37 heavy (non-hydrogen) atoms. The number of pyridine rings is 1. The highest BCUT2D eigenvalue weighted by Crippen LogP contribution is 2.25. The second-order valence-corrected chi connectivity index (χ2v) is 10.5. The molecule has 200 valence electrons. The van der Waals surface area contributed by atoms with Crippen LogP contribution in [0.4, 0.5) is 22.1 Å². The molecule has 0 radical (unpaired) electrons. The number of oxime groups is 1. The fourth-order valence-electron chi connectivity index (χ4n) is 3.70. The summed E-state index contributed by atoms with van der Waals surface area (Å²) in [4.78, 5) is 34.2. The Morgan fingerprint density at radius 1 is 1.22 bits per heavy atom. The lowest BCUT2D eigenvalue weighted by molar-refractivity contribution is 0.114. The summed E-state index contributed by atoms with van der Waals surface area (Å²) in [5, 5.41) is 6.74. The molecule has 0 spiro atoms. The third kappa shape index (κ3) is 7.63. The van der Waals surface area contributed by atoms with Crippen molar-refractivity contribution in [2.24, 2.45) is 5.16 Å². The minimum atomic E-state index is -3.29. The number of nitrogen functional groups attached to an aromatic ring is 1. The molecule has 2 fully saturated rings. The van der Waals surface area contributed by atoms with Crippen LogP contribution < -0.4 is 25.4 Å². The highest BCUT2D eigenvalue weighted by atomic mass is 32.2. The number of nitrogens with zero attached hydrogens (tertiary/aromatic N) is 6. The summed E-state index contributed by atoms with van der Waals surface area (Å²) >= 11 is 0. The van der Waals surface area contributed by atoms with Crippen LogP contribution in [0.15, 0.2) is 29.8 Å². The van der Waals surface area contributed by atoms with Crippen LogP contribution in [0.1, 0.15) is 24.8 Å². The number of rotatable bonds is 10. The molecule has 0 aromatic carbocycles. The number of urea groups is 1. The molecular formula is C22H31N9O5S. The number of hydrogen-bond acceptors (Lipinski definition) is 11. The van der Waals surface area contributed by atoms with Gasteiger partial charge in [-0.05, 0) is 25.3 Å². The largest absolute Gasteiger partial charge is 0.474 e. The van der Waals surface area contributed by atoms with E-state index in [1.54, 1.807) is 23.2 Å². The predicted molar refractivity (Wildman–Crippen MR) is 138 cm³/mol. The quantitative estimate of drug-likeness (QED) is 0.223. The van der Waals surface area contributed by atoms with Crippen molar-refractivity contribution in [1.29, 1.82) is 0 Å². The van der Waals surface area contributed by atoms with Crippen molar-refractivity contribution in [3.05, 3.63) is 30.2 Å². The van der Waals surface area contributed by atoms with E-state index < -0.39 is 10.0 Å². The van der Waals surface area contributed by atoms with Crippen LogP contribution in [0, 0.1) is 0 Å². The van der Waals surface area contributed by atoms with E-state index in [0.717, 1.165) is 19.1 Å². The monoisotopic (exact) mass is 533 g/mol. The Balaban J connectivity index is 1.27. The van der Waals surface area contributed by atoms with Crippen molar-refractivity contribution in [3.8, 4) is 5.88 Å². The maximum absolute atomic E-state index is 12.8. The van der Waals surface area contributed by atoms with Crippen molar-refractivity contribution in [3.63, 3.8) is 0 Å². The predicted octanol–water partition coefficient (Wildman–Crippen LogP) is 0.639. The zero-order valence-corrected chi connectivity index (χ0v) is 21.4. The molecule has 2 amide bonds. The summed E-state index contributed by atoms with van der Waals surface area (Å²) in [5.74, 6) is 1.36. The molecule has 15 heteroatoms. The molecule has 4 rings (SSSR count). The molecule has 1 aliphatic heterocycles. The SMILES string of the molecule is CS(=O)(=O)NCCO/N=C/c1c(N)ncnc1N1CCN(C(=O)Nc2ccc(OC3CCC3)nc2)CC1. The molecule has 2 aromatic rings. The first-order chi connectivity index (χ1) is 17.8. The summed E-state index contributed by atoms with van der Waals surface area (Å²) < 4.78 is 30.2. The number of carbonyl (C=O) groups is 1. The number of amides is 2. The van der Waals surface area contributed by atoms with Gasteiger partial charge < -0.3 is 30.4 Å². The Morgan fingerprint density at radius 3 is 2.65 bits per heavy atom. The third-order valence-corrected chi connectivity index (χ3v) is 6.63. The van der Waals surface area contributed by atoms with Gasteiger partial charge in [0.25, 0.3) is 0 Å². The Hall–Kier alpha value is -3.72. The number of nitrogens with one attached hydrogen (secondary N) is 2. The lowest BCUT2D eigenvalue weighted by Crippen LogP contribution is -2.50. The number of sulfonamides is 1. The van der Waals surface area contributed by atoms with Gasteiger partial charge >= 0.3 is 6.03 Å². The summed E-state index contributed by atoms with van der Waals surface area (Å²) in [6, 6.07) is 3.33. The average molecular weight is 534 g/mol. The van der Waals surface area contributed by atoms with Gasteiger partial charge in [-0.25, -0.2) is 32.9 Å². The summed E-state index contributed by atoms with van der Waals surface area (Å²) in [6.45, 7) is 2.12. The van der Waals surface area contributed by atoms with Crippen molar-refractivity contribution < 1.29 is 22.8 Å². The van der Waals surface area contributed by atoms with E-state index in [9.17, 15) is 13.2 Å². The van der Waals surface area contributed by atoms with Crippen molar-refractivity contribution in [1.82, 2.24) is 24.6 Å². The number of aromatic nitrogens is 3. The number of carbonyl (C=O) groups excluding carboxylic acids is 1. The zero-order chi connectivity index (χ0) is 26.3. The summed E-state index contributed by atoms with van der Waals surface area (Å²) in [5.41, 5.74) is 7.11. The maximum Gasteiger partial charge on any atom is 0.322 e. The van der Waals surface area contributed by atoms with E-state index in [0.29, 0.717) is 49.1 Å². The molecule has 1 saturated carbocycles. The number of hydrogen-bond donors (Lipinski definition) is 3. The molecular weight excluding hydrogens is 502 g/mol. The number of anilines is 3. The fourth-order valence-corrected chi connectivity index (χ4v) is 4.15. The van der Waals surface area contributed by atoms with Crippen molar-refractivity contribution in [2.45, 2.75) is 25.4 Å². The normalized spacial score (nSPS) is 16.5. The van der Waals surface area contributed by atoms with Gasteiger partial charge in [-0.15, -0.1) is 0 Å². The van der Waals surface area contributed by atoms with Crippen LogP contribution in [0.2, 0.25) is 0 Å². The summed E-state index contributed by atoms with van der Waals surface area (Å²) in [6.07, 6.45) is 8.97. The van der Waals surface area contributed by atoms with E-state index in [4.69, 9.17) is 15.3 Å². The molecule has 2 aromatic heterocycles. The lowest BCUT2D eigenvalue weighted by Gasteiger charge is -2.35. The molecule has 1 aliphatic carbocycles. The van der Waals surface area contributed by atoms with Crippen LogP contribution in [-0.2, 0) is 14.9 Å². The second kappa shape index (κ2) is 12.0. The standard InChI is InChI=1S/C22H31N9O5S/c1-37(33,34)28-7-12-35-27-14-18-20(23)25-15-26-21(18)30-8-10-31(11-9-30)22(32)29-16-5-6-19(24-13-16)36-17-3-2-4-17/h5-6,13-15,17,28H,2-4,7-12H2,1H3,(H,29,32)(H2,23,25,26)/b27-14+. The number of ether oxygens (including phenoxy) is 1. The molecule has 2 aliphatic rings. The molecule has 0 bridgehead atoms. The minimum Gasteiger partial charge on any atom is -0.474 e. The zero-order valence-electron chi connectivity index (χ0n) is 20.5. The Morgan fingerprint density at radius 2 is 2.00 bits per heavy atom. The fraction of sp³-hybridized carbons (Fsp3) is 0.500. The maximum atomic E-state index is 12.8. The Labute approximate surface area is 215 Å². The average Bonchev–Trinajstić information content (AvgIpc) is 2.84. The number of nitrogens with two attached hydrogens (primary N) is 1. The highest BCUT2D eigenvalue weighted by Gasteiger charge is 2.24. The first-order valence-corrected chi connectivity index (χ1v) is 13.8. The second-order valence-electron chi connectivity index (χ2n) is 8.69. The van der Waals surface area contributed by atoms with Crippen LogP contribution in [0.5, 0.6) is 5.88 Å². The third-order valence-electron chi connectivity index (χ3n) is 5.90. The van der Waals surface area contributed by atoms with Crippen LogP contribution in [-0.4, -0.2) is 92.2 Å². The van der Waals surface area contributed by atoms with Gasteiger partial charge in [0.05, 0.1) is 29.9 Å². The van der Waals surface area contributed by atoms with Crippen LogP contribution in [0.3, 0.4) is 0 Å². The first kappa shape index (κ1) is 26.3. The van der Waals surface area contributed by atoms with E-state index in [1.807, 2.05) is 4.90 Å². The van der Waals surface area contributed by atoms with Crippen molar-refractivity contribution >= 4 is 39.6 Å². The van der Waals surface area contributed by atoms with Crippen LogP contribution >= 0.6 is 0 Å². The van der Waals surface area contributed by atoms with Gasteiger partial charge in [0.2, 0.25) is 15.9 Å². The van der Waals surface area contributed by atoms with Gasteiger partial charge in [-0.1, -0.05) is 5.16 Å². The van der Waals surface area contributed by atoms with Crippen molar-refractivity contribution in [2.75, 3.05) is 61.5 Å². The molecule has 0 unspecified atom stereocenters. The Bertz CT molecular complexity index is 1200. The van der Waals surface area contributed by atoms with Gasteiger partial charge in [0, 0.05) is 38.8 Å². The van der Waals surface area contributed by atoms with E-state index in [2.05, 4.69) is 30.1 Å². The van der Waals surface area contributed by atoms with Gasteiger partial charge in [-0.2, -0.15) is 0 Å². The Kier molecular flexibility index (Phi) is 8.55. The van der Waals surface area contributed by atoms with Gasteiger partial charge in [-0.3, -0.25) is 0 Å². The molecule has 3 heterocycles. The minimum absolute atomic E-state index is 0.0477. The smallest absolute Gasteiger partial charge is 0.322 e. The first-order valence-electron chi connectivity index (χ1n) is 11.9. The van der Waals surface area contributed by atoms with E-state index in [1.165, 1.54) is 19.0 Å². The van der Waals surface area contributed by atoms with E-state index in [-0.39, 0.29) is 31.1 Å². The molecule has 1 saturated heterocycles. The lowest BCUT2D eigenvalue weighted by atomic mass is 9.96. The van der Waals surface area contributed by atoms with Gasteiger partial charge in [0.1, 0.15) is 30.7 Å². The highest BCUT2D eigenvalue weighted by molar-refractivity contribution is 7.88. The number of piperazine rings is 1. The molecule has 4 N–H and O–H groups in total. The molecule has 14 nitrogen and oxygen atoms in total. The van der Waals surface area contributed by atoms with Crippen LogP contribution in [0.25, 0.3) is 0 Å². The summed E-state index contributed by atoms with van der Waals surface area (Å²) in [7, 11) is -3.29. The topological polar surface area (TPSA) is 177 Å².